The first-order valence-corrected chi connectivity index (χ1v) is 10.6. The van der Waals surface area contributed by atoms with Crippen LogP contribution in [-0.4, -0.2) is 10.9 Å². The maximum absolute atomic E-state index is 11.7. The van der Waals surface area contributed by atoms with E-state index in [0.717, 1.165) is 12.2 Å². The third-order valence-corrected chi connectivity index (χ3v) is 4.88. The number of hydrogen-bond donors (Lipinski definition) is 0. The molecule has 0 saturated heterocycles. The molecule has 22 heavy (non-hydrogen) atoms. The summed E-state index contributed by atoms with van der Waals surface area (Å²) < 4.78 is 0. The van der Waals surface area contributed by atoms with Gasteiger partial charge in [0.05, 0.1) is 0 Å². The Labute approximate surface area is 143 Å². The minimum absolute atomic E-state index is 0.247. The van der Waals surface area contributed by atoms with E-state index in [4.69, 9.17) is 0 Å². The molecule has 1 nitrogen and oxygen atoms in total. The van der Waals surface area contributed by atoms with Gasteiger partial charge in [-0.15, -0.1) is 0 Å². The molecule has 0 spiro atoms. The highest BCUT2D eigenvalue weighted by Gasteiger charge is 1.97. The van der Waals surface area contributed by atoms with E-state index in [2.05, 4.69) is 19.9 Å². The highest BCUT2D eigenvalue weighted by molar-refractivity contribution is 8.14. The first-order chi connectivity index (χ1) is 10.8. The summed E-state index contributed by atoms with van der Waals surface area (Å²) in [6.45, 7) is 4.50. The van der Waals surface area contributed by atoms with E-state index in [0.29, 0.717) is 0 Å². The van der Waals surface area contributed by atoms with E-state index < -0.39 is 0 Å². The van der Waals surface area contributed by atoms with Crippen molar-refractivity contribution in [1.82, 2.24) is 0 Å². The summed E-state index contributed by atoms with van der Waals surface area (Å²) in [7, 11) is 0. The summed E-state index contributed by atoms with van der Waals surface area (Å²) in [5, 5.41) is 0.247. The maximum atomic E-state index is 11.7. The molecule has 0 fully saturated rings. The quantitative estimate of drug-likeness (QED) is 0.218. The average molecular weight is 327 g/mol. The number of unbranched alkanes of at least 4 members (excludes halogenated alkanes) is 12. The van der Waals surface area contributed by atoms with Gasteiger partial charge in [0.2, 0.25) is 5.12 Å². The highest BCUT2D eigenvalue weighted by Crippen LogP contribution is 2.12. The number of thioether (sulfide) groups is 1. The number of allylic oxidation sites excluding steroid dienone is 1. The van der Waals surface area contributed by atoms with Gasteiger partial charge < -0.3 is 0 Å². The van der Waals surface area contributed by atoms with Gasteiger partial charge in [-0.05, 0) is 25.3 Å². The van der Waals surface area contributed by atoms with Crippen LogP contribution in [0.15, 0.2) is 12.2 Å². The lowest BCUT2D eigenvalue weighted by Gasteiger charge is -2.01. The lowest BCUT2D eigenvalue weighted by atomic mass is 10.1. The van der Waals surface area contributed by atoms with Crippen LogP contribution in [0.2, 0.25) is 0 Å². The van der Waals surface area contributed by atoms with Gasteiger partial charge in [0.25, 0.3) is 0 Å². The van der Waals surface area contributed by atoms with E-state index in [9.17, 15) is 4.79 Å². The molecule has 0 atom stereocenters. The van der Waals surface area contributed by atoms with E-state index in [1.54, 1.807) is 6.08 Å². The second-order valence-corrected chi connectivity index (χ2v) is 7.35. The Morgan fingerprint density at radius 3 is 1.82 bits per heavy atom. The molecule has 0 rings (SSSR count). The summed E-state index contributed by atoms with van der Waals surface area (Å²) in [5.74, 6) is 0.995. The summed E-state index contributed by atoms with van der Waals surface area (Å²) in [6, 6.07) is 0. The minimum atomic E-state index is 0.247. The molecule has 2 heteroatoms. The van der Waals surface area contributed by atoms with Crippen LogP contribution in [0.3, 0.4) is 0 Å². The molecule has 0 unspecified atom stereocenters. The Balaban J connectivity index is 3.24. The Bertz CT molecular complexity index is 260. The lowest BCUT2D eigenvalue weighted by Crippen LogP contribution is -1.89. The Morgan fingerprint density at radius 2 is 1.23 bits per heavy atom. The third kappa shape index (κ3) is 17.8. The fraction of sp³-hybridized carbons (Fsp3) is 0.850. The van der Waals surface area contributed by atoms with E-state index >= 15 is 0 Å². The maximum Gasteiger partial charge on any atom is 0.211 e. The molecule has 0 aromatic heterocycles. The summed E-state index contributed by atoms with van der Waals surface area (Å²) in [5.41, 5.74) is 0. The number of carbonyl (C=O) groups excluding carboxylic acids is 1. The molecular formula is C20H38OS. The van der Waals surface area contributed by atoms with Gasteiger partial charge in [0.1, 0.15) is 0 Å². The smallest absolute Gasteiger partial charge is 0.211 e. The van der Waals surface area contributed by atoms with Crippen LogP contribution in [0.25, 0.3) is 0 Å². The zero-order valence-corrected chi connectivity index (χ0v) is 15.9. The van der Waals surface area contributed by atoms with Crippen molar-refractivity contribution in [3.05, 3.63) is 12.2 Å². The van der Waals surface area contributed by atoms with Crippen molar-refractivity contribution in [2.24, 2.45) is 0 Å². The largest absolute Gasteiger partial charge is 0.282 e. The molecule has 0 aromatic rings. The van der Waals surface area contributed by atoms with Gasteiger partial charge in [-0.2, -0.15) is 0 Å². The van der Waals surface area contributed by atoms with Crippen molar-refractivity contribution in [2.75, 3.05) is 5.75 Å². The zero-order chi connectivity index (χ0) is 16.3. The Hall–Kier alpha value is -0.240. The second kappa shape index (κ2) is 18.8. The predicted molar refractivity (Wildman–Crippen MR) is 103 cm³/mol. The molecule has 0 heterocycles. The van der Waals surface area contributed by atoms with Crippen molar-refractivity contribution in [3.8, 4) is 0 Å². The lowest BCUT2D eigenvalue weighted by molar-refractivity contribution is -0.107. The van der Waals surface area contributed by atoms with Crippen LogP contribution in [0.5, 0.6) is 0 Å². The molecule has 0 aromatic carbocycles. The fourth-order valence-electron chi connectivity index (χ4n) is 2.50. The third-order valence-electron chi connectivity index (χ3n) is 3.97. The molecular weight excluding hydrogens is 288 g/mol. The number of carbonyl (C=O) groups is 1. The zero-order valence-electron chi connectivity index (χ0n) is 15.1. The summed E-state index contributed by atoms with van der Waals surface area (Å²) in [4.78, 5) is 11.7. The predicted octanol–water partition coefficient (Wildman–Crippen LogP) is 7.30. The standard InChI is InChI=1S/C20H38OS/c1-3-5-7-9-11-13-15-17-19-22-20(21)18-16-14-12-10-8-6-4-2/h16,18H,3-15,17,19H2,1-2H3/b18-16+. The number of hydrogen-bond acceptors (Lipinski definition) is 2. The van der Waals surface area contributed by atoms with Crippen LogP contribution in [0.1, 0.15) is 104 Å². The van der Waals surface area contributed by atoms with Crippen molar-refractivity contribution in [1.29, 1.82) is 0 Å². The molecule has 130 valence electrons. The molecule has 0 aliphatic rings. The van der Waals surface area contributed by atoms with Crippen LogP contribution in [0, 0.1) is 0 Å². The van der Waals surface area contributed by atoms with Crippen LogP contribution >= 0.6 is 11.8 Å². The molecule has 0 N–H and O–H groups in total. The van der Waals surface area contributed by atoms with E-state index in [1.165, 1.54) is 95.2 Å². The van der Waals surface area contributed by atoms with Crippen LogP contribution < -0.4 is 0 Å². The van der Waals surface area contributed by atoms with Gasteiger partial charge in [0.15, 0.2) is 0 Å². The molecule has 0 aliphatic carbocycles. The van der Waals surface area contributed by atoms with Gasteiger partial charge in [-0.3, -0.25) is 4.79 Å². The number of rotatable bonds is 16. The van der Waals surface area contributed by atoms with E-state index in [-0.39, 0.29) is 5.12 Å². The summed E-state index contributed by atoms with van der Waals surface area (Å²) >= 11 is 1.49. The van der Waals surface area contributed by atoms with Crippen molar-refractivity contribution >= 4 is 16.9 Å². The van der Waals surface area contributed by atoms with Crippen molar-refractivity contribution in [3.63, 3.8) is 0 Å². The van der Waals surface area contributed by atoms with Crippen molar-refractivity contribution in [2.45, 2.75) is 104 Å². The van der Waals surface area contributed by atoms with Gasteiger partial charge in [-0.25, -0.2) is 0 Å². The first-order valence-electron chi connectivity index (χ1n) is 9.64. The van der Waals surface area contributed by atoms with Crippen LogP contribution in [-0.2, 0) is 4.79 Å². The van der Waals surface area contributed by atoms with Crippen LogP contribution in [0.4, 0.5) is 0 Å². The van der Waals surface area contributed by atoms with Gasteiger partial charge in [0, 0.05) is 5.75 Å². The van der Waals surface area contributed by atoms with Gasteiger partial charge in [-0.1, -0.05) is 102 Å². The molecule has 0 saturated carbocycles. The SMILES string of the molecule is CCCCCCC/C=C/C(=O)SCCCCCCCCCC. The first kappa shape index (κ1) is 21.8. The van der Waals surface area contributed by atoms with E-state index in [1.807, 2.05) is 0 Å². The normalized spacial score (nSPS) is 11.4. The van der Waals surface area contributed by atoms with Gasteiger partial charge >= 0.3 is 0 Å². The summed E-state index contributed by atoms with van der Waals surface area (Å²) in [6.07, 6.45) is 22.1. The molecule has 0 bridgehead atoms. The fourth-order valence-corrected chi connectivity index (χ4v) is 3.24. The Kier molecular flexibility index (Phi) is 18.6. The topological polar surface area (TPSA) is 17.1 Å². The van der Waals surface area contributed by atoms with Crippen molar-refractivity contribution < 1.29 is 4.79 Å². The average Bonchev–Trinajstić information content (AvgIpc) is 2.52. The molecule has 0 radical (unpaired) electrons. The highest BCUT2D eigenvalue weighted by atomic mass is 32.2. The Morgan fingerprint density at radius 1 is 0.727 bits per heavy atom. The molecule has 0 aliphatic heterocycles. The monoisotopic (exact) mass is 326 g/mol. The second-order valence-electron chi connectivity index (χ2n) is 6.25. The minimum Gasteiger partial charge on any atom is -0.282 e. The molecule has 0 amide bonds.